The Balaban J connectivity index is 1.83. The average molecular weight is 288 g/mol. The summed E-state index contributed by atoms with van der Waals surface area (Å²) in [6.45, 7) is 2.59. The maximum Gasteiger partial charge on any atom is 0.251 e. The third kappa shape index (κ3) is 2.77. The fourth-order valence-electron chi connectivity index (χ4n) is 3.73. The summed E-state index contributed by atoms with van der Waals surface area (Å²) < 4.78 is 0. The SMILES string of the molecule is C[C@@H]1Cc2cc(C(=O)NCCO)ccc2N(C)[C@H]1C1CC1. The van der Waals surface area contributed by atoms with E-state index in [1.165, 1.54) is 24.1 Å². The average Bonchev–Trinajstić information content (AvgIpc) is 3.28. The van der Waals surface area contributed by atoms with Gasteiger partial charge in [-0.25, -0.2) is 0 Å². The van der Waals surface area contributed by atoms with E-state index in [1.54, 1.807) is 0 Å². The third-order valence-corrected chi connectivity index (χ3v) is 4.80. The van der Waals surface area contributed by atoms with Crippen LogP contribution in [0.1, 0.15) is 35.7 Å². The van der Waals surface area contributed by atoms with Gasteiger partial charge in [0.1, 0.15) is 0 Å². The normalized spacial score (nSPS) is 24.6. The molecular weight excluding hydrogens is 264 g/mol. The third-order valence-electron chi connectivity index (χ3n) is 4.80. The minimum Gasteiger partial charge on any atom is -0.395 e. The molecule has 114 valence electrons. The number of rotatable bonds is 4. The number of hydrogen-bond donors (Lipinski definition) is 2. The van der Waals surface area contributed by atoms with Crippen molar-refractivity contribution >= 4 is 11.6 Å². The number of carbonyl (C=O) groups excluding carboxylic acids is 1. The highest BCUT2D eigenvalue weighted by molar-refractivity contribution is 5.95. The number of fused-ring (bicyclic) bond motifs is 1. The van der Waals surface area contributed by atoms with Crippen LogP contribution in [0.4, 0.5) is 5.69 Å². The molecule has 2 N–H and O–H groups in total. The number of aliphatic hydroxyl groups excluding tert-OH is 1. The fraction of sp³-hybridized carbons (Fsp3) is 0.588. The zero-order valence-electron chi connectivity index (χ0n) is 12.8. The second-order valence-corrected chi connectivity index (χ2v) is 6.44. The lowest BCUT2D eigenvalue weighted by Gasteiger charge is -2.41. The molecule has 2 atom stereocenters. The second kappa shape index (κ2) is 5.68. The summed E-state index contributed by atoms with van der Waals surface area (Å²) in [5, 5.41) is 11.5. The topological polar surface area (TPSA) is 52.6 Å². The number of amides is 1. The minimum absolute atomic E-state index is 0.0283. The first-order valence-electron chi connectivity index (χ1n) is 7.86. The van der Waals surface area contributed by atoms with Crippen molar-refractivity contribution in [2.45, 2.75) is 32.2 Å². The molecule has 1 saturated carbocycles. The first-order chi connectivity index (χ1) is 10.1. The lowest BCUT2D eigenvalue weighted by Crippen LogP contribution is -2.43. The van der Waals surface area contributed by atoms with E-state index in [2.05, 4.69) is 30.3 Å². The Morgan fingerprint density at radius 2 is 2.19 bits per heavy atom. The van der Waals surface area contributed by atoms with Crippen molar-refractivity contribution in [3.8, 4) is 0 Å². The summed E-state index contributed by atoms with van der Waals surface area (Å²) in [4.78, 5) is 14.4. The predicted octanol–water partition coefficient (Wildman–Crippen LogP) is 1.82. The van der Waals surface area contributed by atoms with Crippen molar-refractivity contribution < 1.29 is 9.90 Å². The van der Waals surface area contributed by atoms with E-state index in [9.17, 15) is 4.79 Å². The van der Waals surface area contributed by atoms with E-state index in [4.69, 9.17) is 5.11 Å². The van der Waals surface area contributed by atoms with Crippen molar-refractivity contribution in [2.24, 2.45) is 11.8 Å². The Bertz CT molecular complexity index is 540. The van der Waals surface area contributed by atoms with E-state index >= 15 is 0 Å². The maximum atomic E-state index is 12.0. The van der Waals surface area contributed by atoms with Crippen molar-refractivity contribution in [3.63, 3.8) is 0 Å². The van der Waals surface area contributed by atoms with Crippen LogP contribution in [0, 0.1) is 11.8 Å². The number of hydrogen-bond acceptors (Lipinski definition) is 3. The van der Waals surface area contributed by atoms with E-state index in [1.807, 2.05) is 12.1 Å². The van der Waals surface area contributed by atoms with Crippen molar-refractivity contribution in [1.29, 1.82) is 0 Å². The summed E-state index contributed by atoms with van der Waals surface area (Å²) in [5.74, 6) is 1.38. The predicted molar refractivity (Wildman–Crippen MR) is 83.6 cm³/mol. The Labute approximate surface area is 126 Å². The standard InChI is InChI=1S/C17H24N2O2/c1-11-9-14-10-13(17(21)18-7-8-20)5-6-15(14)19(2)16(11)12-3-4-12/h5-6,10-12,16,20H,3-4,7-9H2,1-2H3,(H,18,21)/t11-,16-/m1/s1. The molecule has 0 bridgehead atoms. The van der Waals surface area contributed by atoms with Gasteiger partial charge in [-0.3, -0.25) is 4.79 Å². The van der Waals surface area contributed by atoms with Gasteiger partial charge >= 0.3 is 0 Å². The number of aliphatic hydroxyl groups is 1. The van der Waals surface area contributed by atoms with Gasteiger partial charge in [-0.1, -0.05) is 6.92 Å². The molecule has 0 saturated heterocycles. The fourth-order valence-corrected chi connectivity index (χ4v) is 3.73. The number of nitrogens with zero attached hydrogens (tertiary/aromatic N) is 1. The molecule has 1 heterocycles. The molecule has 1 aliphatic heterocycles. The molecule has 0 spiro atoms. The van der Waals surface area contributed by atoms with Crippen LogP contribution in [-0.4, -0.2) is 37.3 Å². The molecule has 1 aliphatic carbocycles. The van der Waals surface area contributed by atoms with Gasteiger partial charge in [-0.15, -0.1) is 0 Å². The highest BCUT2D eigenvalue weighted by Crippen LogP contribution is 2.44. The number of carbonyl (C=O) groups is 1. The smallest absolute Gasteiger partial charge is 0.251 e. The highest BCUT2D eigenvalue weighted by atomic mass is 16.3. The van der Waals surface area contributed by atoms with Gasteiger partial charge in [0.25, 0.3) is 5.91 Å². The van der Waals surface area contributed by atoms with Gasteiger partial charge < -0.3 is 15.3 Å². The molecule has 4 nitrogen and oxygen atoms in total. The molecule has 0 unspecified atom stereocenters. The monoisotopic (exact) mass is 288 g/mol. The first-order valence-corrected chi connectivity index (χ1v) is 7.86. The molecule has 1 aromatic rings. The maximum absolute atomic E-state index is 12.0. The van der Waals surface area contributed by atoms with Crippen molar-refractivity contribution in [3.05, 3.63) is 29.3 Å². The van der Waals surface area contributed by atoms with Crippen LogP contribution in [0.5, 0.6) is 0 Å². The van der Waals surface area contributed by atoms with Gasteiger partial charge in [0.15, 0.2) is 0 Å². The zero-order chi connectivity index (χ0) is 15.0. The van der Waals surface area contributed by atoms with Crippen LogP contribution in [0.3, 0.4) is 0 Å². The molecule has 4 heteroatoms. The Kier molecular flexibility index (Phi) is 3.89. The summed E-state index contributed by atoms with van der Waals surface area (Å²) >= 11 is 0. The zero-order valence-corrected chi connectivity index (χ0v) is 12.8. The highest BCUT2D eigenvalue weighted by Gasteiger charge is 2.40. The summed E-state index contributed by atoms with van der Waals surface area (Å²) in [5.41, 5.74) is 3.22. The van der Waals surface area contributed by atoms with Crippen LogP contribution in [-0.2, 0) is 6.42 Å². The van der Waals surface area contributed by atoms with Gasteiger partial charge in [-0.2, -0.15) is 0 Å². The van der Waals surface area contributed by atoms with Gasteiger partial charge in [0, 0.05) is 30.9 Å². The molecule has 1 fully saturated rings. The van der Waals surface area contributed by atoms with Gasteiger partial charge in [-0.05, 0) is 54.9 Å². The van der Waals surface area contributed by atoms with Crippen LogP contribution in [0.25, 0.3) is 0 Å². The Hall–Kier alpha value is -1.55. The van der Waals surface area contributed by atoms with E-state index in [-0.39, 0.29) is 12.5 Å². The van der Waals surface area contributed by atoms with Crippen molar-refractivity contribution in [1.82, 2.24) is 5.32 Å². The van der Waals surface area contributed by atoms with Crippen LogP contribution >= 0.6 is 0 Å². The molecule has 1 amide bonds. The quantitative estimate of drug-likeness (QED) is 0.888. The largest absolute Gasteiger partial charge is 0.395 e. The van der Waals surface area contributed by atoms with Crippen LogP contribution in [0.15, 0.2) is 18.2 Å². The molecule has 2 aliphatic rings. The lowest BCUT2D eigenvalue weighted by molar-refractivity contribution is 0.0944. The lowest BCUT2D eigenvalue weighted by atomic mass is 9.84. The second-order valence-electron chi connectivity index (χ2n) is 6.44. The minimum atomic E-state index is -0.105. The van der Waals surface area contributed by atoms with E-state index in [0.717, 1.165) is 12.3 Å². The molecule has 0 radical (unpaired) electrons. The molecule has 21 heavy (non-hydrogen) atoms. The molecule has 0 aromatic heterocycles. The number of nitrogens with one attached hydrogen (secondary N) is 1. The van der Waals surface area contributed by atoms with Gasteiger partial charge in [0.05, 0.1) is 6.61 Å². The van der Waals surface area contributed by atoms with E-state index < -0.39 is 0 Å². The molecular formula is C17H24N2O2. The van der Waals surface area contributed by atoms with E-state index in [0.29, 0.717) is 24.1 Å². The first kappa shape index (κ1) is 14.4. The number of anilines is 1. The Morgan fingerprint density at radius 3 is 2.86 bits per heavy atom. The van der Waals surface area contributed by atoms with Crippen LogP contribution in [0.2, 0.25) is 0 Å². The summed E-state index contributed by atoms with van der Waals surface area (Å²) in [7, 11) is 2.18. The molecule has 3 rings (SSSR count). The summed E-state index contributed by atoms with van der Waals surface area (Å²) in [6, 6.07) is 6.62. The number of benzene rings is 1. The summed E-state index contributed by atoms with van der Waals surface area (Å²) in [6.07, 6.45) is 3.76. The molecule has 1 aromatic carbocycles. The van der Waals surface area contributed by atoms with Crippen molar-refractivity contribution in [2.75, 3.05) is 25.1 Å². The Morgan fingerprint density at radius 1 is 1.43 bits per heavy atom. The van der Waals surface area contributed by atoms with Crippen LogP contribution < -0.4 is 10.2 Å². The van der Waals surface area contributed by atoms with Gasteiger partial charge in [0.2, 0.25) is 0 Å².